The van der Waals surface area contributed by atoms with E-state index in [1.165, 1.54) is 0 Å². The Balaban J connectivity index is 1.60. The zero-order chi connectivity index (χ0) is 25.2. The molecule has 0 aliphatic carbocycles. The Morgan fingerprint density at radius 3 is 2.67 bits per heavy atom. The van der Waals surface area contributed by atoms with Gasteiger partial charge in [-0.25, -0.2) is 0 Å². The number of hydrogen-bond acceptors (Lipinski definition) is 7. The second-order valence-corrected chi connectivity index (χ2v) is 9.12. The van der Waals surface area contributed by atoms with Crippen molar-refractivity contribution >= 4 is 28.5 Å². The Labute approximate surface area is 213 Å². The lowest BCUT2D eigenvalue weighted by Gasteiger charge is -2.31. The van der Waals surface area contributed by atoms with Crippen LogP contribution in [-0.2, 0) is 4.74 Å². The molecule has 2 aliphatic heterocycles. The Morgan fingerprint density at radius 1 is 1.11 bits per heavy atom. The molecule has 36 heavy (non-hydrogen) atoms. The first-order valence-electron chi connectivity index (χ1n) is 11.8. The Kier molecular flexibility index (Phi) is 7.00. The van der Waals surface area contributed by atoms with Crippen LogP contribution in [0.1, 0.15) is 27.7 Å². The number of amides is 1. The SMILES string of the molecule is C=CCOc1ccc(C2c3c(oc4ccc(Cl)cc4c3=O)C(=O)N2CCN2CCOCC2)cc1OC. The Hall–Kier alpha value is -3.33. The molecular weight excluding hydrogens is 484 g/mol. The lowest BCUT2D eigenvalue weighted by atomic mass is 9.98. The van der Waals surface area contributed by atoms with E-state index in [4.69, 9.17) is 30.2 Å². The molecular formula is C27H27ClN2O6. The van der Waals surface area contributed by atoms with Crippen molar-refractivity contribution in [2.24, 2.45) is 0 Å². The third-order valence-electron chi connectivity index (χ3n) is 6.55. The number of benzene rings is 2. The molecule has 1 unspecified atom stereocenters. The summed E-state index contributed by atoms with van der Waals surface area (Å²) in [4.78, 5) is 31.3. The predicted molar refractivity (Wildman–Crippen MR) is 136 cm³/mol. The van der Waals surface area contributed by atoms with Crippen LogP contribution in [0.5, 0.6) is 11.5 Å². The molecule has 0 bridgehead atoms. The minimum atomic E-state index is -0.643. The maximum absolute atomic E-state index is 13.7. The first-order chi connectivity index (χ1) is 17.5. The van der Waals surface area contributed by atoms with Crippen LogP contribution in [-0.4, -0.2) is 68.8 Å². The van der Waals surface area contributed by atoms with Crippen molar-refractivity contribution < 1.29 is 23.4 Å². The molecule has 1 amide bonds. The number of carbonyl (C=O) groups is 1. The van der Waals surface area contributed by atoms with Crippen LogP contribution >= 0.6 is 11.6 Å². The van der Waals surface area contributed by atoms with Crippen molar-refractivity contribution in [2.45, 2.75) is 6.04 Å². The lowest BCUT2D eigenvalue weighted by molar-refractivity contribution is 0.0314. The molecule has 3 aromatic rings. The topological polar surface area (TPSA) is 81.5 Å². The first kappa shape index (κ1) is 24.4. The van der Waals surface area contributed by atoms with Gasteiger partial charge >= 0.3 is 0 Å². The van der Waals surface area contributed by atoms with Gasteiger partial charge in [-0.05, 0) is 35.9 Å². The van der Waals surface area contributed by atoms with Gasteiger partial charge in [0.2, 0.25) is 5.76 Å². The van der Waals surface area contributed by atoms with Gasteiger partial charge in [0.05, 0.1) is 37.3 Å². The summed E-state index contributed by atoms with van der Waals surface area (Å²) in [5, 5.41) is 0.761. The highest BCUT2D eigenvalue weighted by molar-refractivity contribution is 6.31. The number of ether oxygens (including phenoxy) is 3. The predicted octanol–water partition coefficient (Wildman–Crippen LogP) is 3.90. The molecule has 1 saturated heterocycles. The molecule has 1 fully saturated rings. The van der Waals surface area contributed by atoms with Crippen LogP contribution in [0.4, 0.5) is 0 Å². The zero-order valence-electron chi connectivity index (χ0n) is 20.0. The van der Waals surface area contributed by atoms with E-state index in [1.807, 2.05) is 6.07 Å². The van der Waals surface area contributed by atoms with Gasteiger partial charge in [0.15, 0.2) is 16.9 Å². The Morgan fingerprint density at radius 2 is 1.92 bits per heavy atom. The van der Waals surface area contributed by atoms with Crippen molar-refractivity contribution in [2.75, 3.05) is 53.1 Å². The highest BCUT2D eigenvalue weighted by Gasteiger charge is 2.43. The fourth-order valence-corrected chi connectivity index (χ4v) is 4.94. The zero-order valence-corrected chi connectivity index (χ0v) is 20.8. The molecule has 188 valence electrons. The summed E-state index contributed by atoms with van der Waals surface area (Å²) in [6.07, 6.45) is 1.65. The quantitative estimate of drug-likeness (QED) is 0.425. The number of rotatable bonds is 8. The summed E-state index contributed by atoms with van der Waals surface area (Å²) in [6.45, 7) is 7.98. The van der Waals surface area contributed by atoms with Gasteiger partial charge in [0.1, 0.15) is 12.2 Å². The number of nitrogens with zero attached hydrogens (tertiary/aromatic N) is 2. The second-order valence-electron chi connectivity index (χ2n) is 8.68. The summed E-state index contributed by atoms with van der Waals surface area (Å²) < 4.78 is 22.7. The fourth-order valence-electron chi connectivity index (χ4n) is 4.77. The van der Waals surface area contributed by atoms with E-state index in [2.05, 4.69) is 11.5 Å². The van der Waals surface area contributed by atoms with Crippen LogP contribution in [0.25, 0.3) is 11.0 Å². The van der Waals surface area contributed by atoms with Gasteiger partial charge in [-0.2, -0.15) is 0 Å². The molecule has 9 heteroatoms. The summed E-state index contributed by atoms with van der Waals surface area (Å²) in [5.74, 6) is 0.787. The summed E-state index contributed by atoms with van der Waals surface area (Å²) in [6, 6.07) is 9.61. The molecule has 1 aromatic heterocycles. The summed E-state index contributed by atoms with van der Waals surface area (Å²) >= 11 is 6.18. The fraction of sp³-hybridized carbons (Fsp3) is 0.333. The van der Waals surface area contributed by atoms with Gasteiger partial charge in [-0.3, -0.25) is 14.5 Å². The minimum absolute atomic E-state index is 0.0627. The molecule has 8 nitrogen and oxygen atoms in total. The highest BCUT2D eigenvalue weighted by Crippen LogP contribution is 2.41. The Bertz CT molecular complexity index is 1360. The molecule has 0 saturated carbocycles. The molecule has 5 rings (SSSR count). The van der Waals surface area contributed by atoms with E-state index in [9.17, 15) is 9.59 Å². The summed E-state index contributed by atoms with van der Waals surface area (Å²) in [5.41, 5.74) is 1.09. The van der Waals surface area contributed by atoms with Crippen molar-refractivity contribution in [3.8, 4) is 11.5 Å². The minimum Gasteiger partial charge on any atom is -0.493 e. The molecule has 1 atom stereocenters. The molecule has 2 aromatic carbocycles. The van der Waals surface area contributed by atoms with Crippen LogP contribution in [0, 0.1) is 0 Å². The number of hydrogen-bond donors (Lipinski definition) is 0. The van der Waals surface area contributed by atoms with Gasteiger partial charge < -0.3 is 23.5 Å². The molecule has 2 aliphatic rings. The first-order valence-corrected chi connectivity index (χ1v) is 12.2. The highest BCUT2D eigenvalue weighted by atomic mass is 35.5. The van der Waals surface area contributed by atoms with E-state index in [1.54, 1.807) is 48.4 Å². The van der Waals surface area contributed by atoms with E-state index in [-0.39, 0.29) is 17.1 Å². The number of fused-ring (bicyclic) bond motifs is 2. The van der Waals surface area contributed by atoms with Gasteiger partial charge in [0, 0.05) is 31.2 Å². The van der Waals surface area contributed by atoms with Gasteiger partial charge in [0.25, 0.3) is 5.91 Å². The average Bonchev–Trinajstić information content (AvgIpc) is 3.18. The average molecular weight is 511 g/mol. The number of methoxy groups -OCH3 is 1. The molecule has 0 N–H and O–H groups in total. The third-order valence-corrected chi connectivity index (χ3v) is 6.78. The van der Waals surface area contributed by atoms with Crippen LogP contribution in [0.2, 0.25) is 5.02 Å². The lowest BCUT2D eigenvalue weighted by Crippen LogP contribution is -2.42. The van der Waals surface area contributed by atoms with Crippen LogP contribution in [0.3, 0.4) is 0 Å². The molecule has 0 radical (unpaired) electrons. The molecule has 3 heterocycles. The van der Waals surface area contributed by atoms with Crippen molar-refractivity contribution in [3.63, 3.8) is 0 Å². The number of halogens is 1. The van der Waals surface area contributed by atoms with E-state index in [0.717, 1.165) is 18.7 Å². The number of morpholine rings is 1. The smallest absolute Gasteiger partial charge is 0.290 e. The largest absolute Gasteiger partial charge is 0.493 e. The molecule has 0 spiro atoms. The third kappa shape index (κ3) is 4.48. The van der Waals surface area contributed by atoms with Crippen LogP contribution in [0.15, 0.2) is 58.3 Å². The van der Waals surface area contributed by atoms with E-state index in [0.29, 0.717) is 66.0 Å². The summed E-state index contributed by atoms with van der Waals surface area (Å²) in [7, 11) is 1.55. The van der Waals surface area contributed by atoms with Gasteiger partial charge in [-0.15, -0.1) is 0 Å². The monoisotopic (exact) mass is 510 g/mol. The normalized spacial score (nSPS) is 17.9. The van der Waals surface area contributed by atoms with E-state index < -0.39 is 6.04 Å². The van der Waals surface area contributed by atoms with Gasteiger partial charge in [-0.1, -0.05) is 30.3 Å². The maximum Gasteiger partial charge on any atom is 0.290 e. The van der Waals surface area contributed by atoms with Crippen molar-refractivity contribution in [1.29, 1.82) is 0 Å². The van der Waals surface area contributed by atoms with E-state index >= 15 is 0 Å². The standard InChI is InChI=1S/C27H27ClN2O6/c1-3-12-35-21-6-4-17(15-22(21)33-2)24-23-25(31)19-16-18(28)5-7-20(19)36-26(23)27(32)30(24)9-8-29-10-13-34-14-11-29/h3-7,15-16,24H,1,8-14H2,2H3. The second kappa shape index (κ2) is 10.3. The number of carbonyl (C=O) groups excluding carboxylic acids is 1. The van der Waals surface area contributed by atoms with Crippen molar-refractivity contribution in [1.82, 2.24) is 9.80 Å². The van der Waals surface area contributed by atoms with Crippen LogP contribution < -0.4 is 14.9 Å². The van der Waals surface area contributed by atoms with Crippen molar-refractivity contribution in [3.05, 3.63) is 81.2 Å². The maximum atomic E-state index is 13.7.